The number of hydrogen-bond donors (Lipinski definition) is 1. The standard InChI is InChI=1S/C12H23NO2/c1-4-7-10(14-3)12(13-5-2)11-8-6-9-15-11/h8,10,12-13H,4-7,9H2,1-3H3. The van der Waals surface area contributed by atoms with E-state index < -0.39 is 0 Å². The maximum absolute atomic E-state index is 5.62. The maximum Gasteiger partial charge on any atom is 0.112 e. The van der Waals surface area contributed by atoms with Crippen molar-refractivity contribution < 1.29 is 9.47 Å². The first-order valence-corrected chi connectivity index (χ1v) is 5.92. The zero-order valence-corrected chi connectivity index (χ0v) is 10.1. The van der Waals surface area contributed by atoms with Crippen LogP contribution >= 0.6 is 0 Å². The van der Waals surface area contributed by atoms with Crippen LogP contribution in [0.3, 0.4) is 0 Å². The average molecular weight is 213 g/mol. The van der Waals surface area contributed by atoms with Crippen LogP contribution in [0, 0.1) is 0 Å². The van der Waals surface area contributed by atoms with Crippen molar-refractivity contribution in [3.63, 3.8) is 0 Å². The van der Waals surface area contributed by atoms with Crippen LogP contribution in [0.4, 0.5) is 0 Å². The molecule has 1 heterocycles. The molecule has 88 valence electrons. The van der Waals surface area contributed by atoms with Crippen molar-refractivity contribution in [1.82, 2.24) is 5.32 Å². The third kappa shape index (κ3) is 3.50. The van der Waals surface area contributed by atoms with Crippen LogP contribution in [0.2, 0.25) is 0 Å². The van der Waals surface area contributed by atoms with Gasteiger partial charge in [0.15, 0.2) is 0 Å². The molecule has 0 aromatic heterocycles. The summed E-state index contributed by atoms with van der Waals surface area (Å²) in [5, 5.41) is 3.44. The minimum absolute atomic E-state index is 0.222. The second-order valence-electron chi connectivity index (χ2n) is 3.84. The van der Waals surface area contributed by atoms with E-state index >= 15 is 0 Å². The second kappa shape index (κ2) is 6.85. The Balaban J connectivity index is 2.61. The van der Waals surface area contributed by atoms with E-state index in [0.29, 0.717) is 0 Å². The fraction of sp³-hybridized carbons (Fsp3) is 0.833. The molecule has 0 fully saturated rings. The average Bonchev–Trinajstić information content (AvgIpc) is 2.76. The first-order chi connectivity index (χ1) is 7.33. The highest BCUT2D eigenvalue weighted by atomic mass is 16.5. The summed E-state index contributed by atoms with van der Waals surface area (Å²) >= 11 is 0. The van der Waals surface area contributed by atoms with Crippen molar-refractivity contribution in [2.24, 2.45) is 0 Å². The van der Waals surface area contributed by atoms with Crippen molar-refractivity contribution in [3.8, 4) is 0 Å². The molecule has 0 radical (unpaired) electrons. The molecule has 1 N–H and O–H groups in total. The van der Waals surface area contributed by atoms with Gasteiger partial charge in [0.05, 0.1) is 18.8 Å². The van der Waals surface area contributed by atoms with Gasteiger partial charge in [-0.05, 0) is 19.0 Å². The number of hydrogen-bond acceptors (Lipinski definition) is 3. The van der Waals surface area contributed by atoms with Crippen molar-refractivity contribution in [3.05, 3.63) is 11.8 Å². The molecule has 0 amide bonds. The van der Waals surface area contributed by atoms with Crippen LogP contribution < -0.4 is 5.32 Å². The highest BCUT2D eigenvalue weighted by Gasteiger charge is 2.26. The van der Waals surface area contributed by atoms with Crippen LogP contribution in [0.15, 0.2) is 11.8 Å². The molecule has 15 heavy (non-hydrogen) atoms. The first-order valence-electron chi connectivity index (χ1n) is 5.92. The van der Waals surface area contributed by atoms with E-state index in [-0.39, 0.29) is 12.1 Å². The molecule has 2 atom stereocenters. The molecule has 3 nitrogen and oxygen atoms in total. The van der Waals surface area contributed by atoms with Gasteiger partial charge in [-0.25, -0.2) is 0 Å². The minimum Gasteiger partial charge on any atom is -0.496 e. The van der Waals surface area contributed by atoms with Gasteiger partial charge < -0.3 is 14.8 Å². The predicted octanol–water partition coefficient (Wildman–Crippen LogP) is 2.08. The Morgan fingerprint density at radius 1 is 1.53 bits per heavy atom. The van der Waals surface area contributed by atoms with Crippen molar-refractivity contribution in [2.45, 2.75) is 45.3 Å². The molecular formula is C12H23NO2. The van der Waals surface area contributed by atoms with Crippen LogP contribution in [0.5, 0.6) is 0 Å². The van der Waals surface area contributed by atoms with Gasteiger partial charge >= 0.3 is 0 Å². The number of ether oxygens (including phenoxy) is 2. The second-order valence-corrected chi connectivity index (χ2v) is 3.84. The van der Waals surface area contributed by atoms with Gasteiger partial charge in [0.1, 0.15) is 5.76 Å². The smallest absolute Gasteiger partial charge is 0.112 e. The summed E-state index contributed by atoms with van der Waals surface area (Å²) in [6, 6.07) is 0.224. The Labute approximate surface area is 92.8 Å². The lowest BCUT2D eigenvalue weighted by Crippen LogP contribution is -2.42. The molecule has 0 saturated heterocycles. The van der Waals surface area contributed by atoms with Crippen LogP contribution in [0.25, 0.3) is 0 Å². The summed E-state index contributed by atoms with van der Waals surface area (Å²) in [6.07, 6.45) is 5.62. The topological polar surface area (TPSA) is 30.5 Å². The van der Waals surface area contributed by atoms with Gasteiger partial charge in [0, 0.05) is 13.5 Å². The minimum atomic E-state index is 0.222. The molecule has 0 aromatic carbocycles. The monoisotopic (exact) mass is 213 g/mol. The molecule has 2 unspecified atom stereocenters. The van der Waals surface area contributed by atoms with E-state index in [1.165, 1.54) is 0 Å². The Bertz CT molecular complexity index is 204. The Hall–Kier alpha value is -0.540. The molecule has 1 rings (SSSR count). The van der Waals surface area contributed by atoms with Crippen LogP contribution in [-0.2, 0) is 9.47 Å². The van der Waals surface area contributed by atoms with Gasteiger partial charge in [0.25, 0.3) is 0 Å². The van der Waals surface area contributed by atoms with Crippen molar-refractivity contribution >= 4 is 0 Å². The lowest BCUT2D eigenvalue weighted by molar-refractivity contribution is 0.0523. The highest BCUT2D eigenvalue weighted by Crippen LogP contribution is 2.19. The van der Waals surface area contributed by atoms with Gasteiger partial charge in [-0.15, -0.1) is 0 Å². The van der Waals surface area contributed by atoms with Crippen molar-refractivity contribution in [1.29, 1.82) is 0 Å². The predicted molar refractivity (Wildman–Crippen MR) is 61.8 cm³/mol. The number of nitrogens with one attached hydrogen (secondary N) is 1. The number of rotatable bonds is 7. The quantitative estimate of drug-likeness (QED) is 0.702. The SMILES string of the molecule is CCCC(OC)C(NCC)C1=CCCO1. The first kappa shape index (κ1) is 12.5. The van der Waals surface area contributed by atoms with E-state index in [1.807, 2.05) is 0 Å². The molecule has 1 aliphatic rings. The normalized spacial score (nSPS) is 19.5. The van der Waals surface area contributed by atoms with Crippen LogP contribution in [0.1, 0.15) is 33.1 Å². The molecule has 0 spiro atoms. The van der Waals surface area contributed by atoms with E-state index in [1.54, 1.807) is 7.11 Å². The zero-order valence-electron chi connectivity index (χ0n) is 10.1. The summed E-state index contributed by atoms with van der Waals surface area (Å²) in [5.41, 5.74) is 0. The number of methoxy groups -OCH3 is 1. The Morgan fingerprint density at radius 3 is 2.80 bits per heavy atom. The summed E-state index contributed by atoms with van der Waals surface area (Å²) in [4.78, 5) is 0. The molecule has 1 aliphatic heterocycles. The molecule has 0 aliphatic carbocycles. The fourth-order valence-corrected chi connectivity index (χ4v) is 1.99. The molecule has 3 heteroatoms. The summed E-state index contributed by atoms with van der Waals surface area (Å²) < 4.78 is 11.1. The zero-order chi connectivity index (χ0) is 11.1. The van der Waals surface area contributed by atoms with Crippen molar-refractivity contribution in [2.75, 3.05) is 20.3 Å². The van der Waals surface area contributed by atoms with E-state index in [0.717, 1.165) is 38.2 Å². The maximum atomic E-state index is 5.62. The highest BCUT2D eigenvalue weighted by molar-refractivity contribution is 5.09. The van der Waals surface area contributed by atoms with Gasteiger partial charge in [-0.3, -0.25) is 0 Å². The van der Waals surface area contributed by atoms with E-state index in [2.05, 4.69) is 25.2 Å². The van der Waals surface area contributed by atoms with E-state index in [4.69, 9.17) is 9.47 Å². The summed E-state index contributed by atoms with van der Waals surface area (Å²) in [7, 11) is 1.78. The Kier molecular flexibility index (Phi) is 5.73. The molecular weight excluding hydrogens is 190 g/mol. The third-order valence-corrected chi connectivity index (χ3v) is 2.71. The Morgan fingerprint density at radius 2 is 2.33 bits per heavy atom. The van der Waals surface area contributed by atoms with Gasteiger partial charge in [-0.2, -0.15) is 0 Å². The largest absolute Gasteiger partial charge is 0.496 e. The molecule has 0 saturated carbocycles. The molecule has 0 bridgehead atoms. The lowest BCUT2D eigenvalue weighted by atomic mass is 10.0. The van der Waals surface area contributed by atoms with E-state index in [9.17, 15) is 0 Å². The molecule has 0 aromatic rings. The number of likely N-dealkylation sites (N-methyl/N-ethyl adjacent to an activating group) is 1. The summed E-state index contributed by atoms with van der Waals surface area (Å²) in [6.45, 7) is 6.05. The third-order valence-electron chi connectivity index (χ3n) is 2.71. The summed E-state index contributed by atoms with van der Waals surface area (Å²) in [5.74, 6) is 1.07. The van der Waals surface area contributed by atoms with Gasteiger partial charge in [0.2, 0.25) is 0 Å². The van der Waals surface area contributed by atoms with Gasteiger partial charge in [-0.1, -0.05) is 20.3 Å². The fourth-order valence-electron chi connectivity index (χ4n) is 1.99. The van der Waals surface area contributed by atoms with Crippen LogP contribution in [-0.4, -0.2) is 32.4 Å². The lowest BCUT2D eigenvalue weighted by Gasteiger charge is -2.27.